The van der Waals surface area contributed by atoms with E-state index in [4.69, 9.17) is 5.73 Å². The molecule has 1 saturated heterocycles. The van der Waals surface area contributed by atoms with Crippen LogP contribution in [0.3, 0.4) is 0 Å². The van der Waals surface area contributed by atoms with Gasteiger partial charge >= 0.3 is 6.03 Å². The number of nitrogens with zero attached hydrogens (tertiary/aromatic N) is 4. The van der Waals surface area contributed by atoms with Crippen molar-refractivity contribution in [3.63, 3.8) is 0 Å². The number of benzene rings is 1. The minimum Gasteiger partial charge on any atom is -0.369 e. The molecule has 0 bridgehead atoms. The summed E-state index contributed by atoms with van der Waals surface area (Å²) in [6.45, 7) is 1.00. The highest BCUT2D eigenvalue weighted by Gasteiger charge is 2.26. The molecule has 0 radical (unpaired) electrons. The van der Waals surface area contributed by atoms with E-state index in [0.29, 0.717) is 24.6 Å². The number of urea groups is 1. The van der Waals surface area contributed by atoms with Crippen molar-refractivity contribution in [2.24, 2.45) is 18.7 Å². The zero-order chi connectivity index (χ0) is 17.1. The summed E-state index contributed by atoms with van der Waals surface area (Å²) in [5.41, 5.74) is 6.90. The average Bonchev–Trinajstić information content (AvgIpc) is 3.02. The van der Waals surface area contributed by atoms with Crippen molar-refractivity contribution in [2.45, 2.75) is 12.8 Å². The highest BCUT2D eigenvalue weighted by Crippen LogP contribution is 2.20. The van der Waals surface area contributed by atoms with Crippen molar-refractivity contribution in [3.8, 4) is 11.4 Å². The van der Waals surface area contributed by atoms with E-state index in [1.165, 1.54) is 0 Å². The Bertz CT molecular complexity index is 739. The molecule has 8 nitrogen and oxygen atoms in total. The zero-order valence-corrected chi connectivity index (χ0v) is 13.5. The highest BCUT2D eigenvalue weighted by atomic mass is 16.2. The standard InChI is InChI=1S/C16H20N6O2/c1-21-10-18-15(20-21)11-4-6-13(7-5-11)19-16(24)22-8-2-3-12(9-22)14(17)23/h4-7,10,12H,2-3,8-9H2,1H3,(H2,17,23)(H,19,24)/t12-/m0/s1. The summed E-state index contributed by atoms with van der Waals surface area (Å²) in [6, 6.07) is 7.10. The fourth-order valence-electron chi connectivity index (χ4n) is 2.77. The summed E-state index contributed by atoms with van der Waals surface area (Å²) in [5, 5.41) is 7.08. The number of anilines is 1. The number of rotatable bonds is 3. The molecule has 126 valence electrons. The normalized spacial score (nSPS) is 17.5. The fraction of sp³-hybridized carbons (Fsp3) is 0.375. The molecule has 3 N–H and O–H groups in total. The number of carbonyl (C=O) groups is 2. The summed E-state index contributed by atoms with van der Waals surface area (Å²) in [5.74, 6) is 0.0255. The number of aryl methyl sites for hydroxylation is 1. The van der Waals surface area contributed by atoms with Gasteiger partial charge in [-0.25, -0.2) is 9.78 Å². The Hall–Kier alpha value is -2.90. The number of likely N-dealkylation sites (tertiary alicyclic amines) is 1. The Morgan fingerprint density at radius 2 is 2.04 bits per heavy atom. The first-order chi connectivity index (χ1) is 11.5. The maximum Gasteiger partial charge on any atom is 0.321 e. The first-order valence-corrected chi connectivity index (χ1v) is 7.84. The molecule has 2 heterocycles. The van der Waals surface area contributed by atoms with E-state index in [1.54, 1.807) is 28.0 Å². The van der Waals surface area contributed by atoms with Gasteiger partial charge in [0.1, 0.15) is 6.33 Å². The minimum absolute atomic E-state index is 0.218. The van der Waals surface area contributed by atoms with Crippen LogP contribution in [0.4, 0.5) is 10.5 Å². The Morgan fingerprint density at radius 3 is 2.67 bits per heavy atom. The van der Waals surface area contributed by atoms with Crippen LogP contribution in [0.25, 0.3) is 11.4 Å². The fourth-order valence-corrected chi connectivity index (χ4v) is 2.77. The van der Waals surface area contributed by atoms with Gasteiger partial charge in [-0.1, -0.05) is 0 Å². The third-order valence-electron chi connectivity index (χ3n) is 4.10. The summed E-state index contributed by atoms with van der Waals surface area (Å²) >= 11 is 0. The van der Waals surface area contributed by atoms with E-state index < -0.39 is 0 Å². The van der Waals surface area contributed by atoms with Crippen LogP contribution in [0, 0.1) is 5.92 Å². The van der Waals surface area contributed by atoms with Crippen molar-refractivity contribution in [1.29, 1.82) is 0 Å². The van der Waals surface area contributed by atoms with Gasteiger partial charge in [-0.2, -0.15) is 5.10 Å². The first-order valence-electron chi connectivity index (χ1n) is 7.84. The number of nitrogens with one attached hydrogen (secondary N) is 1. The lowest BCUT2D eigenvalue weighted by atomic mass is 9.98. The summed E-state index contributed by atoms with van der Waals surface area (Å²) in [4.78, 5) is 29.5. The molecule has 1 aromatic heterocycles. The molecule has 1 aromatic carbocycles. The van der Waals surface area contributed by atoms with Crippen LogP contribution in [0.2, 0.25) is 0 Å². The predicted molar refractivity (Wildman–Crippen MR) is 88.9 cm³/mol. The van der Waals surface area contributed by atoms with Crippen molar-refractivity contribution in [3.05, 3.63) is 30.6 Å². The van der Waals surface area contributed by atoms with Crippen molar-refractivity contribution < 1.29 is 9.59 Å². The lowest BCUT2D eigenvalue weighted by Crippen LogP contribution is -2.45. The van der Waals surface area contributed by atoms with E-state index in [1.807, 2.05) is 19.2 Å². The minimum atomic E-state index is -0.347. The Morgan fingerprint density at radius 1 is 1.29 bits per heavy atom. The quantitative estimate of drug-likeness (QED) is 0.883. The van der Waals surface area contributed by atoms with Crippen molar-refractivity contribution in [2.75, 3.05) is 18.4 Å². The second-order valence-corrected chi connectivity index (χ2v) is 5.94. The zero-order valence-electron chi connectivity index (χ0n) is 13.5. The second-order valence-electron chi connectivity index (χ2n) is 5.94. The van der Waals surface area contributed by atoms with Gasteiger partial charge in [-0.05, 0) is 37.1 Å². The van der Waals surface area contributed by atoms with Crippen LogP contribution in [0.15, 0.2) is 30.6 Å². The van der Waals surface area contributed by atoms with Gasteiger partial charge in [0, 0.05) is 31.4 Å². The molecule has 0 unspecified atom stereocenters. The largest absolute Gasteiger partial charge is 0.369 e. The molecule has 24 heavy (non-hydrogen) atoms. The van der Waals surface area contributed by atoms with Gasteiger partial charge in [0.15, 0.2) is 5.82 Å². The van der Waals surface area contributed by atoms with E-state index in [-0.39, 0.29) is 17.9 Å². The molecule has 3 rings (SSSR count). The van der Waals surface area contributed by atoms with Gasteiger partial charge in [0.2, 0.25) is 5.91 Å². The number of nitrogens with two attached hydrogens (primary N) is 1. The van der Waals surface area contributed by atoms with Gasteiger partial charge in [0.25, 0.3) is 0 Å². The van der Waals surface area contributed by atoms with Crippen LogP contribution < -0.4 is 11.1 Å². The first kappa shape index (κ1) is 16.0. The SMILES string of the molecule is Cn1cnc(-c2ccc(NC(=O)N3CCC[C@H](C(N)=O)C3)cc2)n1. The summed E-state index contributed by atoms with van der Waals surface area (Å²) in [6.07, 6.45) is 3.16. The van der Waals surface area contributed by atoms with Gasteiger partial charge in [-0.3, -0.25) is 9.48 Å². The third-order valence-corrected chi connectivity index (χ3v) is 4.10. The van der Waals surface area contributed by atoms with Gasteiger partial charge in [-0.15, -0.1) is 0 Å². The Kier molecular flexibility index (Phi) is 4.45. The number of hydrogen-bond donors (Lipinski definition) is 2. The molecule has 1 atom stereocenters. The summed E-state index contributed by atoms with van der Waals surface area (Å²) < 4.78 is 1.64. The molecule has 1 fully saturated rings. The smallest absolute Gasteiger partial charge is 0.321 e. The van der Waals surface area contributed by atoms with Crippen molar-refractivity contribution in [1.82, 2.24) is 19.7 Å². The molecular weight excluding hydrogens is 308 g/mol. The number of aromatic nitrogens is 3. The van der Waals surface area contributed by atoms with Crippen LogP contribution in [-0.4, -0.2) is 44.7 Å². The van der Waals surface area contributed by atoms with Crippen LogP contribution in [-0.2, 0) is 11.8 Å². The second kappa shape index (κ2) is 6.69. The van der Waals surface area contributed by atoms with E-state index in [2.05, 4.69) is 15.4 Å². The topological polar surface area (TPSA) is 106 Å². The van der Waals surface area contributed by atoms with Crippen LogP contribution in [0.5, 0.6) is 0 Å². The summed E-state index contributed by atoms with van der Waals surface area (Å²) in [7, 11) is 1.81. The van der Waals surface area contributed by atoms with Gasteiger partial charge in [0.05, 0.1) is 5.92 Å². The van der Waals surface area contributed by atoms with Crippen LogP contribution in [0.1, 0.15) is 12.8 Å². The maximum atomic E-state index is 12.3. The number of amides is 3. The predicted octanol–water partition coefficient (Wildman–Crippen LogP) is 1.21. The molecule has 0 aliphatic carbocycles. The molecule has 1 aliphatic heterocycles. The van der Waals surface area contributed by atoms with E-state index in [0.717, 1.165) is 18.4 Å². The number of piperidine rings is 1. The van der Waals surface area contributed by atoms with Crippen molar-refractivity contribution >= 4 is 17.6 Å². The lowest BCUT2D eigenvalue weighted by molar-refractivity contribution is -0.123. The molecule has 2 aromatic rings. The molecule has 8 heteroatoms. The Balaban J connectivity index is 1.63. The number of hydrogen-bond acceptors (Lipinski definition) is 4. The lowest BCUT2D eigenvalue weighted by Gasteiger charge is -2.31. The van der Waals surface area contributed by atoms with Crippen LogP contribution >= 0.6 is 0 Å². The van der Waals surface area contributed by atoms with E-state index >= 15 is 0 Å². The average molecular weight is 328 g/mol. The third kappa shape index (κ3) is 3.53. The number of carbonyl (C=O) groups excluding carboxylic acids is 2. The Labute approximate surface area is 139 Å². The van der Waals surface area contributed by atoms with Gasteiger partial charge < -0.3 is 16.0 Å². The molecule has 1 aliphatic rings. The molecule has 0 saturated carbocycles. The number of primary amides is 1. The molecular formula is C16H20N6O2. The molecule has 3 amide bonds. The molecule has 0 spiro atoms. The maximum absolute atomic E-state index is 12.3. The highest BCUT2D eigenvalue weighted by molar-refractivity contribution is 5.90. The van der Waals surface area contributed by atoms with E-state index in [9.17, 15) is 9.59 Å². The monoisotopic (exact) mass is 328 g/mol.